The average Bonchev–Trinajstić information content (AvgIpc) is 3.42. The molecule has 9 nitrogen and oxygen atoms in total. The molecule has 3 saturated heterocycles. The third-order valence-corrected chi connectivity index (χ3v) is 10.0. The van der Waals surface area contributed by atoms with Crippen molar-refractivity contribution in [2.75, 3.05) is 26.2 Å². The van der Waals surface area contributed by atoms with Crippen LogP contribution in [0.5, 0.6) is 0 Å². The highest BCUT2D eigenvalue weighted by atomic mass is 32.2. The van der Waals surface area contributed by atoms with Gasteiger partial charge in [-0.05, 0) is 82.7 Å². The first-order valence-corrected chi connectivity index (χ1v) is 14.7. The molecule has 3 amide bonds. The van der Waals surface area contributed by atoms with E-state index in [1.54, 1.807) is 17.0 Å². The fourth-order valence-electron chi connectivity index (χ4n) is 6.01. The molecule has 3 heterocycles. The fraction of sp³-hybridized carbons (Fsp3) is 0.593. The number of hydrogen-bond donors (Lipinski definition) is 1. The van der Waals surface area contributed by atoms with Gasteiger partial charge in [0.2, 0.25) is 21.8 Å². The van der Waals surface area contributed by atoms with Crippen LogP contribution >= 0.6 is 0 Å². The van der Waals surface area contributed by atoms with E-state index in [4.69, 9.17) is 0 Å². The number of carbonyl (C=O) groups excluding carboxylic acids is 3. The fourth-order valence-corrected chi connectivity index (χ4v) is 7.86. The minimum atomic E-state index is -3.78. The monoisotopic (exact) mass is 530 g/mol. The van der Waals surface area contributed by atoms with Crippen molar-refractivity contribution in [1.82, 2.24) is 19.4 Å². The molecule has 0 saturated carbocycles. The molecule has 1 aromatic rings. The zero-order valence-electron chi connectivity index (χ0n) is 21.8. The smallest absolute Gasteiger partial charge is 0.253 e. The standard InChI is InChI=1S/C27H38N4O5S/c1-4-25(32)28-23-17-19(2)31(20(3)18-23)37(35,36)24-9-7-21(8-10-24)26(33)30-15-11-22(12-16-30)27(34)29-13-5-6-14-29/h4,7-10,19-20,22-23H,1,5-6,11-18H2,2-3H3,(H,28,32). The van der Waals surface area contributed by atoms with Crippen molar-refractivity contribution in [3.8, 4) is 0 Å². The SMILES string of the molecule is C=CC(=O)NC1CC(C)N(S(=O)(=O)c2ccc(C(=O)N3CCC(C(=O)N4CCCC4)CC3)cc2)C(C)C1. The van der Waals surface area contributed by atoms with E-state index in [2.05, 4.69) is 11.9 Å². The molecule has 4 rings (SSSR count). The molecule has 0 aromatic heterocycles. The Labute approximate surface area is 219 Å². The van der Waals surface area contributed by atoms with E-state index >= 15 is 0 Å². The minimum absolute atomic E-state index is 0.0205. The van der Waals surface area contributed by atoms with Crippen molar-refractivity contribution < 1.29 is 22.8 Å². The highest BCUT2D eigenvalue weighted by Crippen LogP contribution is 2.30. The number of rotatable bonds is 6. The van der Waals surface area contributed by atoms with Crippen molar-refractivity contribution in [3.63, 3.8) is 0 Å². The van der Waals surface area contributed by atoms with Gasteiger partial charge in [0, 0.05) is 55.8 Å². The lowest BCUT2D eigenvalue weighted by molar-refractivity contribution is -0.135. The summed E-state index contributed by atoms with van der Waals surface area (Å²) in [6.07, 6.45) is 5.69. The predicted octanol–water partition coefficient (Wildman–Crippen LogP) is 2.39. The number of benzene rings is 1. The van der Waals surface area contributed by atoms with Crippen LogP contribution in [-0.2, 0) is 19.6 Å². The van der Waals surface area contributed by atoms with Gasteiger partial charge in [-0.25, -0.2) is 8.42 Å². The van der Waals surface area contributed by atoms with Crippen molar-refractivity contribution in [3.05, 3.63) is 42.5 Å². The summed E-state index contributed by atoms with van der Waals surface area (Å²) in [6, 6.07) is 5.43. The average molecular weight is 531 g/mol. The van der Waals surface area contributed by atoms with Gasteiger partial charge in [-0.15, -0.1) is 0 Å². The number of sulfonamides is 1. The Morgan fingerprint density at radius 2 is 1.49 bits per heavy atom. The maximum absolute atomic E-state index is 13.5. The summed E-state index contributed by atoms with van der Waals surface area (Å²) in [4.78, 5) is 41.3. The molecule has 3 fully saturated rings. The van der Waals surface area contributed by atoms with Gasteiger partial charge < -0.3 is 15.1 Å². The highest BCUT2D eigenvalue weighted by Gasteiger charge is 2.39. The number of piperidine rings is 2. The number of hydrogen-bond acceptors (Lipinski definition) is 5. The minimum Gasteiger partial charge on any atom is -0.350 e. The van der Waals surface area contributed by atoms with Gasteiger partial charge in [0.05, 0.1) is 4.90 Å². The molecule has 202 valence electrons. The summed E-state index contributed by atoms with van der Waals surface area (Å²) < 4.78 is 28.5. The van der Waals surface area contributed by atoms with Crippen LogP contribution in [0.1, 0.15) is 62.7 Å². The quantitative estimate of drug-likeness (QED) is 0.569. The third-order valence-electron chi connectivity index (χ3n) is 7.88. The second-order valence-electron chi connectivity index (χ2n) is 10.5. The van der Waals surface area contributed by atoms with Crippen molar-refractivity contribution in [2.45, 2.75) is 75.4 Å². The molecule has 1 aromatic carbocycles. The van der Waals surface area contributed by atoms with Gasteiger partial charge in [0.1, 0.15) is 0 Å². The highest BCUT2D eigenvalue weighted by molar-refractivity contribution is 7.89. The van der Waals surface area contributed by atoms with E-state index in [0.717, 1.165) is 25.9 Å². The second kappa shape index (κ2) is 11.3. The molecule has 37 heavy (non-hydrogen) atoms. The van der Waals surface area contributed by atoms with Gasteiger partial charge in [-0.1, -0.05) is 6.58 Å². The van der Waals surface area contributed by atoms with Gasteiger partial charge in [-0.3, -0.25) is 14.4 Å². The first-order chi connectivity index (χ1) is 17.6. The summed E-state index contributed by atoms with van der Waals surface area (Å²) in [6.45, 7) is 9.89. The number of carbonyl (C=O) groups is 3. The number of amides is 3. The first kappa shape index (κ1) is 27.3. The lowest BCUT2D eigenvalue weighted by atomic mass is 9.95. The Morgan fingerprint density at radius 3 is 2.03 bits per heavy atom. The third kappa shape index (κ3) is 5.90. The maximum atomic E-state index is 13.5. The zero-order chi connectivity index (χ0) is 26.7. The van der Waals surface area contributed by atoms with Crippen LogP contribution in [0.3, 0.4) is 0 Å². The Morgan fingerprint density at radius 1 is 0.919 bits per heavy atom. The van der Waals surface area contributed by atoms with E-state index < -0.39 is 10.0 Å². The van der Waals surface area contributed by atoms with E-state index in [1.165, 1.54) is 22.5 Å². The Hall–Kier alpha value is -2.72. The number of likely N-dealkylation sites (tertiary alicyclic amines) is 2. The lowest BCUT2D eigenvalue weighted by Gasteiger charge is -2.41. The molecule has 2 unspecified atom stereocenters. The molecule has 0 aliphatic carbocycles. The van der Waals surface area contributed by atoms with Crippen LogP contribution in [0.4, 0.5) is 0 Å². The zero-order valence-corrected chi connectivity index (χ0v) is 22.6. The van der Waals surface area contributed by atoms with E-state index in [1.807, 2.05) is 18.7 Å². The molecule has 0 bridgehead atoms. The first-order valence-electron chi connectivity index (χ1n) is 13.3. The van der Waals surface area contributed by atoms with Crippen molar-refractivity contribution in [2.24, 2.45) is 5.92 Å². The molecule has 2 atom stereocenters. The molecule has 3 aliphatic heterocycles. The van der Waals surface area contributed by atoms with Gasteiger partial charge in [0.15, 0.2) is 0 Å². The van der Waals surface area contributed by atoms with Gasteiger partial charge in [-0.2, -0.15) is 4.31 Å². The van der Waals surface area contributed by atoms with E-state index in [9.17, 15) is 22.8 Å². The molecule has 10 heteroatoms. The van der Waals surface area contributed by atoms with Gasteiger partial charge >= 0.3 is 0 Å². The summed E-state index contributed by atoms with van der Waals surface area (Å²) in [7, 11) is -3.78. The molecule has 0 radical (unpaired) electrons. The van der Waals surface area contributed by atoms with Crippen LogP contribution in [0, 0.1) is 5.92 Å². The van der Waals surface area contributed by atoms with Gasteiger partial charge in [0.25, 0.3) is 5.91 Å². The van der Waals surface area contributed by atoms with Crippen LogP contribution in [0.15, 0.2) is 41.8 Å². The molecule has 0 spiro atoms. The van der Waals surface area contributed by atoms with Crippen molar-refractivity contribution in [1.29, 1.82) is 0 Å². The largest absolute Gasteiger partial charge is 0.350 e. The summed E-state index contributed by atoms with van der Waals surface area (Å²) in [5.74, 6) is -0.206. The second-order valence-corrected chi connectivity index (χ2v) is 12.4. The van der Waals surface area contributed by atoms with E-state index in [0.29, 0.717) is 44.3 Å². The number of nitrogens with one attached hydrogen (secondary N) is 1. The molecule has 1 N–H and O–H groups in total. The van der Waals surface area contributed by atoms with Crippen LogP contribution < -0.4 is 5.32 Å². The summed E-state index contributed by atoms with van der Waals surface area (Å²) >= 11 is 0. The van der Waals surface area contributed by atoms with Crippen molar-refractivity contribution >= 4 is 27.7 Å². The predicted molar refractivity (Wildman–Crippen MR) is 140 cm³/mol. The van der Waals surface area contributed by atoms with Crippen LogP contribution in [0.25, 0.3) is 0 Å². The Bertz CT molecular complexity index is 1110. The maximum Gasteiger partial charge on any atom is 0.253 e. The molecule has 3 aliphatic rings. The van der Waals surface area contributed by atoms with Crippen LogP contribution in [0.2, 0.25) is 0 Å². The Balaban J connectivity index is 1.37. The molecular formula is C27H38N4O5S. The molecular weight excluding hydrogens is 492 g/mol. The number of nitrogens with zero attached hydrogens (tertiary/aromatic N) is 3. The summed E-state index contributed by atoms with van der Waals surface area (Å²) in [5.41, 5.74) is 0.440. The Kier molecular flexibility index (Phi) is 8.38. The van der Waals surface area contributed by atoms with E-state index in [-0.39, 0.29) is 46.7 Å². The normalized spacial score (nSPS) is 25.6. The van der Waals surface area contributed by atoms with Crippen LogP contribution in [-0.4, -0.2) is 84.5 Å². The topological polar surface area (TPSA) is 107 Å². The summed E-state index contributed by atoms with van der Waals surface area (Å²) in [5, 5.41) is 2.87. The lowest BCUT2D eigenvalue weighted by Crippen LogP contribution is -2.54.